The average molecular weight is 277 g/mol. The minimum absolute atomic E-state index is 0.124. The Morgan fingerprint density at radius 2 is 2.15 bits per heavy atom. The van der Waals surface area contributed by atoms with Crippen molar-refractivity contribution < 1.29 is 5.11 Å². The maximum atomic E-state index is 9.00. The summed E-state index contributed by atoms with van der Waals surface area (Å²) in [7, 11) is 0. The standard InChI is InChI=1S/C14H23N5O/c1-12-14(13(2)19(17-12)9-10-20)11-15-5-3-7-18-8-4-6-16-18/h4,6,8,15,20H,3,5,7,9-11H2,1-2H3. The lowest BCUT2D eigenvalue weighted by atomic mass is 10.2. The lowest BCUT2D eigenvalue weighted by Gasteiger charge is -2.06. The Morgan fingerprint density at radius 1 is 1.30 bits per heavy atom. The van der Waals surface area contributed by atoms with Crippen LogP contribution in [0.4, 0.5) is 0 Å². The lowest BCUT2D eigenvalue weighted by Crippen LogP contribution is -2.17. The van der Waals surface area contributed by atoms with Crippen molar-refractivity contribution in [1.82, 2.24) is 24.9 Å². The van der Waals surface area contributed by atoms with Gasteiger partial charge in [0.25, 0.3) is 0 Å². The fraction of sp³-hybridized carbons (Fsp3) is 0.571. The maximum Gasteiger partial charge on any atom is 0.0644 e. The van der Waals surface area contributed by atoms with Crippen LogP contribution in [-0.4, -0.2) is 37.8 Å². The normalized spacial score (nSPS) is 11.2. The Bertz CT molecular complexity index is 518. The zero-order chi connectivity index (χ0) is 14.4. The highest BCUT2D eigenvalue weighted by atomic mass is 16.3. The third kappa shape index (κ3) is 3.68. The van der Waals surface area contributed by atoms with Gasteiger partial charge in [-0.2, -0.15) is 10.2 Å². The van der Waals surface area contributed by atoms with Gasteiger partial charge in [-0.1, -0.05) is 0 Å². The summed E-state index contributed by atoms with van der Waals surface area (Å²) in [5.74, 6) is 0. The third-order valence-corrected chi connectivity index (χ3v) is 3.44. The molecule has 0 aromatic carbocycles. The first-order chi connectivity index (χ1) is 9.72. The highest BCUT2D eigenvalue weighted by molar-refractivity contribution is 5.24. The molecule has 0 aliphatic heterocycles. The van der Waals surface area contributed by atoms with Crippen molar-refractivity contribution in [2.45, 2.75) is 39.9 Å². The van der Waals surface area contributed by atoms with Crippen LogP contribution in [0.25, 0.3) is 0 Å². The van der Waals surface area contributed by atoms with E-state index >= 15 is 0 Å². The van der Waals surface area contributed by atoms with Crippen LogP contribution in [0.5, 0.6) is 0 Å². The quantitative estimate of drug-likeness (QED) is 0.703. The molecule has 2 N–H and O–H groups in total. The van der Waals surface area contributed by atoms with Crippen LogP contribution in [0.15, 0.2) is 18.5 Å². The zero-order valence-electron chi connectivity index (χ0n) is 12.2. The summed E-state index contributed by atoms with van der Waals surface area (Å²) in [6.45, 7) is 7.45. The molecule has 0 aliphatic rings. The zero-order valence-corrected chi connectivity index (χ0v) is 12.2. The molecule has 0 saturated carbocycles. The van der Waals surface area contributed by atoms with Gasteiger partial charge in [0.05, 0.1) is 18.8 Å². The van der Waals surface area contributed by atoms with Crippen molar-refractivity contribution in [3.8, 4) is 0 Å². The molecule has 0 aliphatic carbocycles. The average Bonchev–Trinajstić information content (AvgIpc) is 3.02. The van der Waals surface area contributed by atoms with Gasteiger partial charge in [0, 0.05) is 36.7 Å². The number of nitrogens with zero attached hydrogens (tertiary/aromatic N) is 4. The van der Waals surface area contributed by atoms with E-state index in [4.69, 9.17) is 5.11 Å². The molecule has 0 unspecified atom stereocenters. The van der Waals surface area contributed by atoms with Crippen LogP contribution in [0.2, 0.25) is 0 Å². The Labute approximate surface area is 119 Å². The molecule has 0 fully saturated rings. The molecule has 0 bridgehead atoms. The topological polar surface area (TPSA) is 67.9 Å². The molecule has 6 nitrogen and oxygen atoms in total. The van der Waals surface area contributed by atoms with Gasteiger partial charge in [0.15, 0.2) is 0 Å². The number of aliphatic hydroxyl groups excluding tert-OH is 1. The number of aromatic nitrogens is 4. The van der Waals surface area contributed by atoms with Gasteiger partial charge in [-0.25, -0.2) is 0 Å². The summed E-state index contributed by atoms with van der Waals surface area (Å²) in [5, 5.41) is 21.1. The monoisotopic (exact) mass is 277 g/mol. The van der Waals surface area contributed by atoms with E-state index in [2.05, 4.69) is 22.4 Å². The molecular formula is C14H23N5O. The van der Waals surface area contributed by atoms with Crippen LogP contribution < -0.4 is 5.32 Å². The predicted octanol–water partition coefficient (Wildman–Crippen LogP) is 0.869. The van der Waals surface area contributed by atoms with Gasteiger partial charge >= 0.3 is 0 Å². The minimum Gasteiger partial charge on any atom is -0.394 e. The van der Waals surface area contributed by atoms with Gasteiger partial charge in [-0.3, -0.25) is 9.36 Å². The van der Waals surface area contributed by atoms with E-state index in [1.807, 2.05) is 28.6 Å². The van der Waals surface area contributed by atoms with E-state index in [0.717, 1.165) is 37.4 Å². The first-order valence-corrected chi connectivity index (χ1v) is 7.04. The first kappa shape index (κ1) is 14.7. The molecule has 2 aromatic rings. The molecule has 0 amide bonds. The van der Waals surface area contributed by atoms with E-state index in [1.165, 1.54) is 5.56 Å². The Hall–Kier alpha value is -1.66. The van der Waals surface area contributed by atoms with Crippen molar-refractivity contribution in [1.29, 1.82) is 0 Å². The fourth-order valence-corrected chi connectivity index (χ4v) is 2.31. The van der Waals surface area contributed by atoms with Gasteiger partial charge < -0.3 is 10.4 Å². The van der Waals surface area contributed by atoms with E-state index in [-0.39, 0.29) is 6.61 Å². The maximum absolute atomic E-state index is 9.00. The molecule has 2 rings (SSSR count). The number of aryl methyl sites for hydroxylation is 2. The Morgan fingerprint density at radius 3 is 2.85 bits per heavy atom. The molecule has 20 heavy (non-hydrogen) atoms. The highest BCUT2D eigenvalue weighted by Crippen LogP contribution is 2.12. The van der Waals surface area contributed by atoms with Gasteiger partial charge in [0.2, 0.25) is 0 Å². The summed E-state index contributed by atoms with van der Waals surface area (Å²) >= 11 is 0. The largest absolute Gasteiger partial charge is 0.394 e. The van der Waals surface area contributed by atoms with Crippen LogP contribution in [0.3, 0.4) is 0 Å². The molecule has 0 spiro atoms. The van der Waals surface area contributed by atoms with Gasteiger partial charge in [0.1, 0.15) is 0 Å². The van der Waals surface area contributed by atoms with E-state index in [9.17, 15) is 0 Å². The number of nitrogens with one attached hydrogen (secondary N) is 1. The lowest BCUT2D eigenvalue weighted by molar-refractivity contribution is 0.267. The predicted molar refractivity (Wildman–Crippen MR) is 77.3 cm³/mol. The summed E-state index contributed by atoms with van der Waals surface area (Å²) in [5.41, 5.74) is 3.41. The molecule has 0 saturated heterocycles. The van der Waals surface area contributed by atoms with E-state index < -0.39 is 0 Å². The van der Waals surface area contributed by atoms with Crippen LogP contribution in [0.1, 0.15) is 23.4 Å². The molecule has 2 aromatic heterocycles. The van der Waals surface area contributed by atoms with Crippen LogP contribution in [0, 0.1) is 13.8 Å². The molecule has 6 heteroatoms. The Kier molecular flexibility index (Phi) is 5.31. The van der Waals surface area contributed by atoms with Gasteiger partial charge in [-0.05, 0) is 32.9 Å². The second-order valence-corrected chi connectivity index (χ2v) is 4.90. The van der Waals surface area contributed by atoms with Crippen molar-refractivity contribution in [2.24, 2.45) is 0 Å². The molecule has 2 heterocycles. The summed E-state index contributed by atoms with van der Waals surface area (Å²) in [6.07, 6.45) is 4.83. The number of hydrogen-bond donors (Lipinski definition) is 2. The van der Waals surface area contributed by atoms with Crippen molar-refractivity contribution in [3.63, 3.8) is 0 Å². The second-order valence-electron chi connectivity index (χ2n) is 4.90. The van der Waals surface area contributed by atoms with Crippen molar-refractivity contribution >= 4 is 0 Å². The molecular weight excluding hydrogens is 254 g/mol. The molecule has 110 valence electrons. The Balaban J connectivity index is 1.76. The van der Waals surface area contributed by atoms with Crippen molar-refractivity contribution in [2.75, 3.05) is 13.2 Å². The number of rotatable bonds is 8. The summed E-state index contributed by atoms with van der Waals surface area (Å²) in [4.78, 5) is 0. The van der Waals surface area contributed by atoms with Crippen LogP contribution >= 0.6 is 0 Å². The van der Waals surface area contributed by atoms with E-state index in [0.29, 0.717) is 6.54 Å². The summed E-state index contributed by atoms with van der Waals surface area (Å²) < 4.78 is 3.81. The van der Waals surface area contributed by atoms with Crippen LogP contribution in [-0.2, 0) is 19.6 Å². The smallest absolute Gasteiger partial charge is 0.0644 e. The molecule has 0 radical (unpaired) electrons. The fourth-order valence-electron chi connectivity index (χ4n) is 2.31. The summed E-state index contributed by atoms with van der Waals surface area (Å²) in [6, 6.07) is 1.94. The van der Waals surface area contributed by atoms with Gasteiger partial charge in [-0.15, -0.1) is 0 Å². The highest BCUT2D eigenvalue weighted by Gasteiger charge is 2.10. The van der Waals surface area contributed by atoms with Crippen molar-refractivity contribution in [3.05, 3.63) is 35.4 Å². The number of aliphatic hydroxyl groups is 1. The van der Waals surface area contributed by atoms with E-state index in [1.54, 1.807) is 6.20 Å². The third-order valence-electron chi connectivity index (χ3n) is 3.44. The first-order valence-electron chi connectivity index (χ1n) is 7.04. The second kappa shape index (κ2) is 7.21. The molecule has 0 atom stereocenters. The minimum atomic E-state index is 0.124. The SMILES string of the molecule is Cc1nn(CCO)c(C)c1CNCCCn1cccn1. The number of hydrogen-bond acceptors (Lipinski definition) is 4.